The minimum absolute atomic E-state index is 0. The van der Waals surface area contributed by atoms with Crippen LogP contribution in [0.1, 0.15) is 37.7 Å². The van der Waals surface area contributed by atoms with Crippen molar-refractivity contribution in [2.75, 3.05) is 6.54 Å². The summed E-state index contributed by atoms with van der Waals surface area (Å²) in [6.07, 6.45) is 5.68. The summed E-state index contributed by atoms with van der Waals surface area (Å²) >= 11 is 5.92. The zero-order chi connectivity index (χ0) is 13.7. The first-order chi connectivity index (χ1) is 9.10. The summed E-state index contributed by atoms with van der Waals surface area (Å²) in [5.74, 6) is -0.00534. The molecule has 0 aliphatic heterocycles. The molecule has 1 aliphatic carbocycles. The van der Waals surface area contributed by atoms with Gasteiger partial charge in [0.25, 0.3) is 0 Å². The van der Waals surface area contributed by atoms with E-state index >= 15 is 0 Å². The summed E-state index contributed by atoms with van der Waals surface area (Å²) in [6.45, 7) is 0.609. The first kappa shape index (κ1) is 17.3. The first-order valence-corrected chi connectivity index (χ1v) is 7.30. The van der Waals surface area contributed by atoms with Gasteiger partial charge in [-0.1, -0.05) is 43.0 Å². The Kier molecular flexibility index (Phi) is 6.80. The molecule has 0 heterocycles. The molecule has 2 rings (SSSR count). The van der Waals surface area contributed by atoms with Crippen molar-refractivity contribution in [3.05, 3.63) is 34.9 Å². The first-order valence-electron chi connectivity index (χ1n) is 6.92. The van der Waals surface area contributed by atoms with E-state index in [-0.39, 0.29) is 18.3 Å². The molecule has 0 unspecified atom stereocenters. The van der Waals surface area contributed by atoms with Crippen LogP contribution in [0.5, 0.6) is 0 Å². The highest BCUT2D eigenvalue weighted by molar-refractivity contribution is 6.30. The zero-order valence-corrected chi connectivity index (χ0v) is 13.1. The van der Waals surface area contributed by atoms with E-state index in [0.29, 0.717) is 6.54 Å². The molecular formula is C15H22Cl2N2O. The Hall–Kier alpha value is -0.770. The monoisotopic (exact) mass is 316 g/mol. The highest BCUT2D eigenvalue weighted by Crippen LogP contribution is 2.25. The van der Waals surface area contributed by atoms with Crippen LogP contribution < -0.4 is 11.1 Å². The predicted octanol–water partition coefficient (Wildman–Crippen LogP) is 3.08. The molecule has 1 saturated carbocycles. The minimum atomic E-state index is -0.646. The average molecular weight is 317 g/mol. The average Bonchev–Trinajstić information content (AvgIpc) is 2.39. The molecule has 0 saturated heterocycles. The molecule has 112 valence electrons. The fraction of sp³-hybridized carbons (Fsp3) is 0.533. The number of carbonyl (C=O) groups excluding carboxylic acids is 1. The second-order valence-corrected chi connectivity index (χ2v) is 5.79. The minimum Gasteiger partial charge on any atom is -0.354 e. The van der Waals surface area contributed by atoms with Crippen LogP contribution >= 0.6 is 24.0 Å². The summed E-state index contributed by atoms with van der Waals surface area (Å²) < 4.78 is 0. The summed E-state index contributed by atoms with van der Waals surface area (Å²) in [4.78, 5) is 12.1. The van der Waals surface area contributed by atoms with E-state index < -0.39 is 5.54 Å². The maximum Gasteiger partial charge on any atom is 0.240 e. The lowest BCUT2D eigenvalue weighted by molar-refractivity contribution is -0.127. The van der Waals surface area contributed by atoms with Crippen molar-refractivity contribution in [2.24, 2.45) is 5.73 Å². The number of nitrogens with two attached hydrogens (primary N) is 1. The summed E-state index contributed by atoms with van der Waals surface area (Å²) in [6, 6.07) is 7.70. The van der Waals surface area contributed by atoms with Crippen LogP contribution in [0.3, 0.4) is 0 Å². The Morgan fingerprint density at radius 3 is 2.65 bits per heavy atom. The number of rotatable bonds is 4. The van der Waals surface area contributed by atoms with Crippen LogP contribution in [-0.2, 0) is 11.2 Å². The van der Waals surface area contributed by atoms with Crippen LogP contribution in [0.2, 0.25) is 5.02 Å². The van der Waals surface area contributed by atoms with Crippen molar-refractivity contribution in [3.8, 4) is 0 Å². The highest BCUT2D eigenvalue weighted by atomic mass is 35.5. The Morgan fingerprint density at radius 2 is 2.00 bits per heavy atom. The molecule has 3 N–H and O–H groups in total. The van der Waals surface area contributed by atoms with Gasteiger partial charge in [0.05, 0.1) is 5.54 Å². The number of amides is 1. The van der Waals surface area contributed by atoms with E-state index in [1.165, 1.54) is 6.42 Å². The fourth-order valence-corrected chi connectivity index (χ4v) is 2.81. The van der Waals surface area contributed by atoms with Crippen molar-refractivity contribution in [1.29, 1.82) is 0 Å². The molecule has 0 spiro atoms. The maximum absolute atomic E-state index is 12.1. The Bertz CT molecular complexity index is 445. The molecule has 3 nitrogen and oxygen atoms in total. The van der Waals surface area contributed by atoms with Gasteiger partial charge >= 0.3 is 0 Å². The number of hydrogen-bond acceptors (Lipinski definition) is 2. The van der Waals surface area contributed by atoms with E-state index in [4.69, 9.17) is 17.3 Å². The lowest BCUT2D eigenvalue weighted by atomic mass is 9.82. The van der Waals surface area contributed by atoms with Gasteiger partial charge in [-0.05, 0) is 37.0 Å². The van der Waals surface area contributed by atoms with Gasteiger partial charge in [0, 0.05) is 11.6 Å². The third kappa shape index (κ3) is 4.65. The van der Waals surface area contributed by atoms with Crippen molar-refractivity contribution in [3.63, 3.8) is 0 Å². The molecule has 1 fully saturated rings. The van der Waals surface area contributed by atoms with E-state index in [2.05, 4.69) is 5.32 Å². The number of hydrogen-bond donors (Lipinski definition) is 2. The van der Waals surface area contributed by atoms with Gasteiger partial charge in [0.2, 0.25) is 5.91 Å². The summed E-state index contributed by atoms with van der Waals surface area (Å²) in [5.41, 5.74) is 6.65. The van der Waals surface area contributed by atoms with Gasteiger partial charge < -0.3 is 11.1 Å². The van der Waals surface area contributed by atoms with Gasteiger partial charge in [-0.2, -0.15) is 0 Å². The second-order valence-electron chi connectivity index (χ2n) is 5.35. The standard InChI is InChI=1S/C15H21ClN2O.ClH/c16-13-6-4-5-12(11-13)7-10-18-14(19)15(17)8-2-1-3-9-15;/h4-6,11H,1-3,7-10,17H2,(H,18,19);1H. The van der Waals surface area contributed by atoms with Gasteiger partial charge in [0.15, 0.2) is 0 Å². The van der Waals surface area contributed by atoms with Gasteiger partial charge in [0.1, 0.15) is 0 Å². The van der Waals surface area contributed by atoms with E-state index in [1.807, 2.05) is 24.3 Å². The van der Waals surface area contributed by atoms with Crippen molar-refractivity contribution >= 4 is 29.9 Å². The smallest absolute Gasteiger partial charge is 0.240 e. The van der Waals surface area contributed by atoms with Crippen molar-refractivity contribution in [2.45, 2.75) is 44.1 Å². The van der Waals surface area contributed by atoms with Crippen LogP contribution in [0.15, 0.2) is 24.3 Å². The molecular weight excluding hydrogens is 295 g/mol. The molecule has 1 aromatic rings. The van der Waals surface area contributed by atoms with Crippen molar-refractivity contribution in [1.82, 2.24) is 5.32 Å². The zero-order valence-electron chi connectivity index (χ0n) is 11.5. The molecule has 5 heteroatoms. The molecule has 0 radical (unpaired) electrons. The quantitative estimate of drug-likeness (QED) is 0.896. The maximum atomic E-state index is 12.1. The third-order valence-electron chi connectivity index (χ3n) is 3.79. The van der Waals surface area contributed by atoms with E-state index in [0.717, 1.165) is 42.7 Å². The Morgan fingerprint density at radius 1 is 1.30 bits per heavy atom. The van der Waals surface area contributed by atoms with E-state index in [9.17, 15) is 4.79 Å². The largest absolute Gasteiger partial charge is 0.354 e. The Balaban J connectivity index is 0.00000200. The molecule has 1 aromatic carbocycles. The van der Waals surface area contributed by atoms with Crippen LogP contribution in [0.25, 0.3) is 0 Å². The lowest BCUT2D eigenvalue weighted by Gasteiger charge is -2.31. The molecule has 0 atom stereocenters. The second kappa shape index (κ2) is 7.87. The molecule has 1 aliphatic rings. The molecule has 0 bridgehead atoms. The van der Waals surface area contributed by atoms with E-state index in [1.54, 1.807) is 0 Å². The van der Waals surface area contributed by atoms with Gasteiger partial charge in [-0.3, -0.25) is 4.79 Å². The SMILES string of the molecule is Cl.NC1(C(=O)NCCc2cccc(Cl)c2)CCCCC1. The fourth-order valence-electron chi connectivity index (χ4n) is 2.60. The molecule has 20 heavy (non-hydrogen) atoms. The topological polar surface area (TPSA) is 55.1 Å². The number of benzene rings is 1. The molecule has 1 amide bonds. The Labute approximate surface area is 131 Å². The third-order valence-corrected chi connectivity index (χ3v) is 4.02. The van der Waals surface area contributed by atoms with Crippen molar-refractivity contribution < 1.29 is 4.79 Å². The van der Waals surface area contributed by atoms with Gasteiger partial charge in [-0.25, -0.2) is 0 Å². The summed E-state index contributed by atoms with van der Waals surface area (Å²) in [5, 5.41) is 3.68. The number of halogens is 2. The van der Waals surface area contributed by atoms with Crippen LogP contribution in [0.4, 0.5) is 0 Å². The normalized spacial score (nSPS) is 17.1. The predicted molar refractivity (Wildman–Crippen MR) is 85.4 cm³/mol. The van der Waals surface area contributed by atoms with Crippen LogP contribution in [0, 0.1) is 0 Å². The number of nitrogens with one attached hydrogen (secondary N) is 1. The van der Waals surface area contributed by atoms with Crippen LogP contribution in [-0.4, -0.2) is 18.0 Å². The lowest BCUT2D eigenvalue weighted by Crippen LogP contribution is -2.55. The summed E-state index contributed by atoms with van der Waals surface area (Å²) in [7, 11) is 0. The van der Waals surface area contributed by atoms with Gasteiger partial charge in [-0.15, -0.1) is 12.4 Å². The highest BCUT2D eigenvalue weighted by Gasteiger charge is 2.34. The molecule has 0 aromatic heterocycles. The number of carbonyl (C=O) groups is 1.